The van der Waals surface area contributed by atoms with E-state index in [2.05, 4.69) is 15.5 Å². The SMILES string of the molecule is COc1ccc(C)cc1NC(=O)C(Sc1nnc(Cc2ccccc2F)n1N)c1ccccc1. The standard InChI is InChI=1S/C25H24FN5O2S/c1-16-12-13-21(33-2)20(14-16)28-24(32)23(17-8-4-3-5-9-17)34-25-30-29-22(31(25)27)15-18-10-6-7-11-19(18)26/h3-14,23H,15,27H2,1-2H3,(H,28,32). The normalized spacial score (nSPS) is 11.7. The third-order valence-electron chi connectivity index (χ3n) is 5.22. The Morgan fingerprint density at radius 2 is 1.85 bits per heavy atom. The van der Waals surface area contributed by atoms with Gasteiger partial charge in [0.15, 0.2) is 5.82 Å². The van der Waals surface area contributed by atoms with Crippen LogP contribution >= 0.6 is 11.8 Å². The fourth-order valence-electron chi connectivity index (χ4n) is 3.44. The zero-order chi connectivity index (χ0) is 24.1. The summed E-state index contributed by atoms with van der Waals surface area (Å²) in [6.45, 7) is 1.94. The number of ether oxygens (including phenoxy) is 1. The molecule has 1 unspecified atom stereocenters. The van der Waals surface area contributed by atoms with Gasteiger partial charge in [-0.3, -0.25) is 4.79 Å². The maximum Gasteiger partial charge on any atom is 0.242 e. The number of halogens is 1. The van der Waals surface area contributed by atoms with Crippen molar-refractivity contribution in [2.45, 2.75) is 23.8 Å². The molecule has 0 bridgehead atoms. The van der Waals surface area contributed by atoms with E-state index in [9.17, 15) is 9.18 Å². The van der Waals surface area contributed by atoms with E-state index in [4.69, 9.17) is 10.6 Å². The van der Waals surface area contributed by atoms with Gasteiger partial charge in [0, 0.05) is 6.42 Å². The van der Waals surface area contributed by atoms with E-state index in [1.165, 1.54) is 22.5 Å². The summed E-state index contributed by atoms with van der Waals surface area (Å²) in [4.78, 5) is 13.4. The summed E-state index contributed by atoms with van der Waals surface area (Å²) in [5, 5.41) is 10.9. The average Bonchev–Trinajstić information content (AvgIpc) is 3.18. The number of methoxy groups -OCH3 is 1. The van der Waals surface area contributed by atoms with Crippen molar-refractivity contribution >= 4 is 23.4 Å². The van der Waals surface area contributed by atoms with Gasteiger partial charge in [-0.15, -0.1) is 10.2 Å². The molecule has 0 aliphatic rings. The number of carbonyl (C=O) groups excluding carboxylic acids is 1. The molecule has 4 rings (SSSR count). The Labute approximate surface area is 201 Å². The lowest BCUT2D eigenvalue weighted by Crippen LogP contribution is -2.21. The Morgan fingerprint density at radius 3 is 2.59 bits per heavy atom. The van der Waals surface area contributed by atoms with Gasteiger partial charge in [0.2, 0.25) is 11.1 Å². The third-order valence-corrected chi connectivity index (χ3v) is 6.43. The molecular formula is C25H24FN5O2S. The number of hydrogen-bond donors (Lipinski definition) is 2. The Bertz CT molecular complexity index is 1300. The third kappa shape index (κ3) is 5.20. The van der Waals surface area contributed by atoms with Crippen molar-refractivity contribution in [1.29, 1.82) is 0 Å². The van der Waals surface area contributed by atoms with Crippen molar-refractivity contribution in [3.05, 3.63) is 101 Å². The molecule has 4 aromatic rings. The van der Waals surface area contributed by atoms with E-state index in [1.807, 2.05) is 49.4 Å². The first-order valence-electron chi connectivity index (χ1n) is 10.6. The number of nitrogens with zero attached hydrogens (tertiary/aromatic N) is 3. The highest BCUT2D eigenvalue weighted by molar-refractivity contribution is 8.00. The fraction of sp³-hybridized carbons (Fsp3) is 0.160. The van der Waals surface area contributed by atoms with Crippen LogP contribution in [0.4, 0.5) is 10.1 Å². The quantitative estimate of drug-likeness (QED) is 0.286. The number of nitrogens with two attached hydrogens (primary N) is 1. The number of nitrogen functional groups attached to an aromatic ring is 1. The summed E-state index contributed by atoms with van der Waals surface area (Å²) < 4.78 is 20.8. The van der Waals surface area contributed by atoms with Gasteiger partial charge in [-0.1, -0.05) is 66.4 Å². The van der Waals surface area contributed by atoms with Gasteiger partial charge in [-0.25, -0.2) is 9.07 Å². The second kappa shape index (κ2) is 10.4. The van der Waals surface area contributed by atoms with Crippen molar-refractivity contribution in [2.24, 2.45) is 0 Å². The van der Waals surface area contributed by atoms with Crippen LogP contribution in [0.3, 0.4) is 0 Å². The molecule has 174 valence electrons. The minimum atomic E-state index is -0.667. The van der Waals surface area contributed by atoms with Crippen molar-refractivity contribution in [3.8, 4) is 5.75 Å². The minimum Gasteiger partial charge on any atom is -0.495 e. The van der Waals surface area contributed by atoms with Crippen LogP contribution < -0.4 is 15.9 Å². The van der Waals surface area contributed by atoms with Crippen molar-refractivity contribution in [1.82, 2.24) is 14.9 Å². The minimum absolute atomic E-state index is 0.180. The van der Waals surface area contributed by atoms with Crippen LogP contribution in [0.25, 0.3) is 0 Å². The molecule has 34 heavy (non-hydrogen) atoms. The summed E-state index contributed by atoms with van der Waals surface area (Å²) >= 11 is 1.17. The van der Waals surface area contributed by atoms with Crippen LogP contribution in [0.15, 0.2) is 78.0 Å². The number of nitrogens with one attached hydrogen (secondary N) is 1. The number of benzene rings is 3. The monoisotopic (exact) mass is 477 g/mol. The first kappa shape index (κ1) is 23.3. The molecule has 1 atom stereocenters. The van der Waals surface area contributed by atoms with Crippen molar-refractivity contribution < 1.29 is 13.9 Å². The summed E-state index contributed by atoms with van der Waals surface area (Å²) in [7, 11) is 1.55. The van der Waals surface area contributed by atoms with Crippen molar-refractivity contribution in [3.63, 3.8) is 0 Å². The molecule has 7 nitrogen and oxygen atoms in total. The molecule has 0 aliphatic carbocycles. The lowest BCUT2D eigenvalue weighted by molar-refractivity contribution is -0.115. The van der Waals surface area contributed by atoms with Gasteiger partial charge in [0.1, 0.15) is 16.8 Å². The maximum absolute atomic E-state index is 14.1. The van der Waals surface area contributed by atoms with E-state index in [-0.39, 0.29) is 18.1 Å². The topological polar surface area (TPSA) is 95.1 Å². The number of aromatic nitrogens is 3. The highest BCUT2D eigenvalue weighted by atomic mass is 32.2. The first-order valence-corrected chi connectivity index (χ1v) is 11.4. The number of aryl methyl sites for hydroxylation is 1. The van der Waals surface area contributed by atoms with Crippen LogP contribution in [0.1, 0.15) is 27.8 Å². The Kier molecular flexibility index (Phi) is 7.12. The molecule has 0 saturated heterocycles. The van der Waals surface area contributed by atoms with Gasteiger partial charge in [-0.2, -0.15) is 0 Å². The Balaban J connectivity index is 1.61. The molecule has 0 spiro atoms. The van der Waals surface area contributed by atoms with Crippen LogP contribution in [0, 0.1) is 12.7 Å². The van der Waals surface area contributed by atoms with Crippen molar-refractivity contribution in [2.75, 3.05) is 18.3 Å². The fourth-order valence-corrected chi connectivity index (χ4v) is 4.42. The van der Waals surface area contributed by atoms with Crippen LogP contribution in [0.2, 0.25) is 0 Å². The molecule has 0 saturated carbocycles. The predicted molar refractivity (Wildman–Crippen MR) is 131 cm³/mol. The molecule has 1 heterocycles. The van der Waals surface area contributed by atoms with Gasteiger partial charge in [0.05, 0.1) is 12.8 Å². The molecule has 0 radical (unpaired) electrons. The molecule has 3 N–H and O–H groups in total. The molecule has 0 aliphatic heterocycles. The molecule has 9 heteroatoms. The maximum atomic E-state index is 14.1. The Hall–Kier alpha value is -3.85. The zero-order valence-electron chi connectivity index (χ0n) is 18.7. The highest BCUT2D eigenvalue weighted by Gasteiger charge is 2.26. The van der Waals surface area contributed by atoms with Crippen LogP contribution in [-0.2, 0) is 11.2 Å². The predicted octanol–water partition coefficient (Wildman–Crippen LogP) is 4.51. The number of rotatable bonds is 8. The number of anilines is 1. The lowest BCUT2D eigenvalue weighted by Gasteiger charge is -2.18. The lowest BCUT2D eigenvalue weighted by atomic mass is 10.1. The molecule has 0 fully saturated rings. The molecule has 1 amide bonds. The summed E-state index contributed by atoms with van der Waals surface area (Å²) in [5.74, 6) is 6.59. The second-order valence-electron chi connectivity index (χ2n) is 7.64. The van der Waals surface area contributed by atoms with E-state index in [1.54, 1.807) is 31.4 Å². The smallest absolute Gasteiger partial charge is 0.242 e. The average molecular weight is 478 g/mol. The second-order valence-corrected chi connectivity index (χ2v) is 8.71. The molecule has 1 aromatic heterocycles. The van der Waals surface area contributed by atoms with Crippen LogP contribution in [-0.4, -0.2) is 27.9 Å². The van der Waals surface area contributed by atoms with E-state index in [0.29, 0.717) is 28.0 Å². The molecular weight excluding hydrogens is 453 g/mol. The zero-order valence-corrected chi connectivity index (χ0v) is 19.6. The number of amides is 1. The van der Waals surface area contributed by atoms with Gasteiger partial charge in [0.25, 0.3) is 0 Å². The summed E-state index contributed by atoms with van der Waals surface area (Å²) in [5.41, 5.74) is 2.79. The number of hydrogen-bond acceptors (Lipinski definition) is 6. The van der Waals surface area contributed by atoms with E-state index in [0.717, 1.165) is 11.1 Å². The number of carbonyl (C=O) groups is 1. The summed E-state index contributed by atoms with van der Waals surface area (Å²) in [6, 6.07) is 21.3. The van der Waals surface area contributed by atoms with Gasteiger partial charge < -0.3 is 15.9 Å². The largest absolute Gasteiger partial charge is 0.495 e. The van der Waals surface area contributed by atoms with Gasteiger partial charge in [-0.05, 0) is 41.8 Å². The van der Waals surface area contributed by atoms with Crippen LogP contribution in [0.5, 0.6) is 5.75 Å². The van der Waals surface area contributed by atoms with Gasteiger partial charge >= 0.3 is 0 Å². The number of thioether (sulfide) groups is 1. The Morgan fingerprint density at radius 1 is 1.12 bits per heavy atom. The van der Waals surface area contributed by atoms with E-state index < -0.39 is 5.25 Å². The van der Waals surface area contributed by atoms with E-state index >= 15 is 0 Å². The first-order chi connectivity index (χ1) is 16.5. The highest BCUT2D eigenvalue weighted by Crippen LogP contribution is 2.36. The summed E-state index contributed by atoms with van der Waals surface area (Å²) in [6.07, 6.45) is 0.180. The molecule has 3 aromatic carbocycles.